The molecule has 1 fully saturated rings. The topological polar surface area (TPSA) is 36.4 Å². The summed E-state index contributed by atoms with van der Waals surface area (Å²) in [6, 6.07) is 17.1. The number of para-hydroxylation sites is 1. The van der Waals surface area contributed by atoms with Gasteiger partial charge in [-0.05, 0) is 23.8 Å². The summed E-state index contributed by atoms with van der Waals surface area (Å²) >= 11 is 3.02. The molecular formula is C22H22FN3OS2. The first-order valence-electron chi connectivity index (χ1n) is 9.57. The van der Waals surface area contributed by atoms with E-state index < -0.39 is 0 Å². The number of nitrogens with zero attached hydrogens (tertiary/aromatic N) is 3. The third kappa shape index (κ3) is 5.16. The minimum Gasteiger partial charge on any atom is -0.368 e. The number of thioether (sulfide) groups is 1. The average molecular weight is 428 g/mol. The van der Waals surface area contributed by atoms with Gasteiger partial charge in [-0.2, -0.15) is 0 Å². The van der Waals surface area contributed by atoms with Crippen LogP contribution in [0.2, 0.25) is 0 Å². The summed E-state index contributed by atoms with van der Waals surface area (Å²) in [6.07, 6.45) is 0.322. The first kappa shape index (κ1) is 19.9. The van der Waals surface area contributed by atoms with Crippen LogP contribution in [0.3, 0.4) is 0 Å². The van der Waals surface area contributed by atoms with E-state index in [0.29, 0.717) is 17.7 Å². The van der Waals surface area contributed by atoms with E-state index in [-0.39, 0.29) is 11.7 Å². The van der Waals surface area contributed by atoms with Gasteiger partial charge in [-0.3, -0.25) is 4.79 Å². The smallest absolute Gasteiger partial charge is 0.228 e. The van der Waals surface area contributed by atoms with E-state index in [4.69, 9.17) is 0 Å². The highest BCUT2D eigenvalue weighted by Crippen LogP contribution is 2.27. The molecule has 1 aliphatic rings. The summed E-state index contributed by atoms with van der Waals surface area (Å²) in [5.41, 5.74) is 2.67. The number of carbonyl (C=O) groups is 1. The van der Waals surface area contributed by atoms with Crippen molar-refractivity contribution in [2.24, 2.45) is 0 Å². The Bertz CT molecular complexity index is 955. The first-order chi connectivity index (χ1) is 14.2. The lowest BCUT2D eigenvalue weighted by Crippen LogP contribution is -2.49. The fraction of sp³-hybridized carbons (Fsp3) is 0.273. The SMILES string of the molecule is O=C(Cc1csc(SCc2ccccc2F)n1)N1CCN(c2ccccc2)CC1. The summed E-state index contributed by atoms with van der Waals surface area (Å²) in [6.45, 7) is 3.15. The van der Waals surface area contributed by atoms with Crippen molar-refractivity contribution >= 4 is 34.7 Å². The minimum absolute atomic E-state index is 0.119. The molecule has 1 aromatic heterocycles. The molecule has 0 N–H and O–H groups in total. The lowest BCUT2D eigenvalue weighted by atomic mass is 10.2. The molecule has 0 aliphatic carbocycles. The molecule has 2 heterocycles. The molecule has 0 radical (unpaired) electrons. The third-order valence-electron chi connectivity index (χ3n) is 4.93. The van der Waals surface area contributed by atoms with Gasteiger partial charge in [0, 0.05) is 43.0 Å². The van der Waals surface area contributed by atoms with Gasteiger partial charge < -0.3 is 9.80 Å². The van der Waals surface area contributed by atoms with Crippen LogP contribution in [0.25, 0.3) is 0 Å². The predicted octanol–water partition coefficient (Wildman–Crippen LogP) is 4.47. The van der Waals surface area contributed by atoms with Gasteiger partial charge in [-0.15, -0.1) is 11.3 Å². The van der Waals surface area contributed by atoms with Gasteiger partial charge in [0.2, 0.25) is 5.91 Å². The highest BCUT2D eigenvalue weighted by Gasteiger charge is 2.22. The number of carbonyl (C=O) groups excluding carboxylic acids is 1. The molecule has 4 nitrogen and oxygen atoms in total. The number of halogens is 1. The lowest BCUT2D eigenvalue weighted by Gasteiger charge is -2.36. The molecule has 3 aromatic rings. The van der Waals surface area contributed by atoms with Gasteiger partial charge in [0.1, 0.15) is 10.2 Å². The summed E-state index contributed by atoms with van der Waals surface area (Å²) < 4.78 is 14.6. The molecular weight excluding hydrogens is 405 g/mol. The Morgan fingerprint density at radius 2 is 1.76 bits per heavy atom. The fourth-order valence-corrected chi connectivity index (χ4v) is 5.14. The molecule has 0 bridgehead atoms. The number of aromatic nitrogens is 1. The van der Waals surface area contributed by atoms with Crippen LogP contribution in [0.4, 0.5) is 10.1 Å². The van der Waals surface area contributed by atoms with Crippen LogP contribution in [-0.2, 0) is 17.0 Å². The monoisotopic (exact) mass is 427 g/mol. The Kier molecular flexibility index (Phi) is 6.46. The first-order valence-corrected chi connectivity index (χ1v) is 11.4. The van der Waals surface area contributed by atoms with Crippen LogP contribution in [0, 0.1) is 5.82 Å². The van der Waals surface area contributed by atoms with Crippen molar-refractivity contribution in [3.05, 3.63) is 77.1 Å². The zero-order chi connectivity index (χ0) is 20.1. The van der Waals surface area contributed by atoms with E-state index in [9.17, 15) is 9.18 Å². The van der Waals surface area contributed by atoms with Gasteiger partial charge in [-0.1, -0.05) is 48.2 Å². The zero-order valence-corrected chi connectivity index (χ0v) is 17.6. The molecule has 1 saturated heterocycles. The van der Waals surface area contributed by atoms with Crippen molar-refractivity contribution < 1.29 is 9.18 Å². The molecule has 150 valence electrons. The van der Waals surface area contributed by atoms with Crippen molar-refractivity contribution in [2.45, 2.75) is 16.5 Å². The number of piperazine rings is 1. The molecule has 1 aliphatic heterocycles. The number of hydrogen-bond donors (Lipinski definition) is 0. The quantitative estimate of drug-likeness (QED) is 0.544. The Labute approximate surface area is 178 Å². The molecule has 0 unspecified atom stereocenters. The van der Waals surface area contributed by atoms with Crippen LogP contribution in [-0.4, -0.2) is 42.0 Å². The summed E-state index contributed by atoms with van der Waals surface area (Å²) in [5.74, 6) is 0.463. The Morgan fingerprint density at radius 3 is 2.52 bits per heavy atom. The molecule has 0 spiro atoms. The van der Waals surface area contributed by atoms with Crippen LogP contribution < -0.4 is 4.90 Å². The summed E-state index contributed by atoms with van der Waals surface area (Å²) in [4.78, 5) is 21.4. The number of thiazole rings is 1. The van der Waals surface area contributed by atoms with Gasteiger partial charge >= 0.3 is 0 Å². The van der Waals surface area contributed by atoms with Crippen LogP contribution in [0.15, 0.2) is 64.3 Å². The van der Waals surface area contributed by atoms with Crippen LogP contribution >= 0.6 is 23.1 Å². The maximum absolute atomic E-state index is 13.7. The van der Waals surface area contributed by atoms with Crippen molar-refractivity contribution in [1.29, 1.82) is 0 Å². The maximum Gasteiger partial charge on any atom is 0.228 e. The fourth-order valence-electron chi connectivity index (χ4n) is 3.31. The van der Waals surface area contributed by atoms with Gasteiger partial charge in [-0.25, -0.2) is 9.37 Å². The summed E-state index contributed by atoms with van der Waals surface area (Å²) in [7, 11) is 0. The van der Waals surface area contributed by atoms with Crippen molar-refractivity contribution in [2.75, 3.05) is 31.1 Å². The van der Waals surface area contributed by atoms with E-state index in [1.165, 1.54) is 34.9 Å². The van der Waals surface area contributed by atoms with Crippen molar-refractivity contribution in [3.8, 4) is 0 Å². The Morgan fingerprint density at radius 1 is 1.03 bits per heavy atom. The van der Waals surface area contributed by atoms with E-state index >= 15 is 0 Å². The zero-order valence-electron chi connectivity index (χ0n) is 16.0. The largest absolute Gasteiger partial charge is 0.368 e. The van der Waals surface area contributed by atoms with Gasteiger partial charge in [0.15, 0.2) is 0 Å². The molecule has 1 amide bonds. The van der Waals surface area contributed by atoms with Gasteiger partial charge in [0.25, 0.3) is 0 Å². The molecule has 0 atom stereocenters. The third-order valence-corrected chi connectivity index (χ3v) is 7.04. The van der Waals surface area contributed by atoms with Crippen LogP contribution in [0.1, 0.15) is 11.3 Å². The molecule has 29 heavy (non-hydrogen) atoms. The van der Waals surface area contributed by atoms with E-state index in [1.54, 1.807) is 12.1 Å². The number of rotatable bonds is 6. The lowest BCUT2D eigenvalue weighted by molar-refractivity contribution is -0.130. The number of amides is 1. The molecule has 2 aromatic carbocycles. The van der Waals surface area contributed by atoms with Gasteiger partial charge in [0.05, 0.1) is 12.1 Å². The Balaban J connectivity index is 1.27. The van der Waals surface area contributed by atoms with E-state index in [0.717, 1.165) is 36.2 Å². The second-order valence-electron chi connectivity index (χ2n) is 6.86. The average Bonchev–Trinajstić information content (AvgIpc) is 3.21. The highest BCUT2D eigenvalue weighted by molar-refractivity contribution is 8.00. The Hall–Kier alpha value is -2.38. The maximum atomic E-state index is 13.7. The number of anilines is 1. The normalized spacial score (nSPS) is 14.2. The highest BCUT2D eigenvalue weighted by atomic mass is 32.2. The number of benzene rings is 2. The molecule has 4 rings (SSSR count). The van der Waals surface area contributed by atoms with Crippen LogP contribution in [0.5, 0.6) is 0 Å². The molecule has 0 saturated carbocycles. The predicted molar refractivity (Wildman–Crippen MR) is 117 cm³/mol. The molecule has 7 heteroatoms. The minimum atomic E-state index is -0.193. The van der Waals surface area contributed by atoms with E-state index in [1.807, 2.05) is 34.5 Å². The van der Waals surface area contributed by atoms with Crippen molar-refractivity contribution in [1.82, 2.24) is 9.88 Å². The van der Waals surface area contributed by atoms with E-state index in [2.05, 4.69) is 22.0 Å². The standard InChI is InChI=1S/C22H22FN3OS2/c23-20-9-5-4-6-17(20)15-28-22-24-18(16-29-22)14-21(27)26-12-10-25(11-13-26)19-7-2-1-3-8-19/h1-9,16H,10-15H2. The second kappa shape index (κ2) is 9.41. The van der Waals surface area contributed by atoms with Crippen molar-refractivity contribution in [3.63, 3.8) is 0 Å². The second-order valence-corrected chi connectivity index (χ2v) is 8.95. The summed E-state index contributed by atoms with van der Waals surface area (Å²) in [5, 5.41) is 1.93. The number of hydrogen-bond acceptors (Lipinski definition) is 5.